The monoisotopic (exact) mass is 346 g/mol. The summed E-state index contributed by atoms with van der Waals surface area (Å²) in [5, 5.41) is 14.6. The van der Waals surface area contributed by atoms with Crippen LogP contribution in [0.2, 0.25) is 0 Å². The summed E-state index contributed by atoms with van der Waals surface area (Å²) in [5.74, 6) is -1.09. The predicted octanol–water partition coefficient (Wildman–Crippen LogP) is 2.34. The third-order valence-electron chi connectivity index (χ3n) is 3.50. The largest absolute Gasteiger partial charge is 0.465 e. The molecule has 2 rings (SSSR count). The molecule has 1 N–H and O–H groups in total. The fourth-order valence-electron chi connectivity index (χ4n) is 2.55. The summed E-state index contributed by atoms with van der Waals surface area (Å²) in [6.07, 6.45) is -1.02. The molecule has 7 nitrogen and oxygen atoms in total. The maximum Gasteiger partial charge on any atom is 0.342 e. The molecule has 0 radical (unpaired) electrons. The Morgan fingerprint density at radius 3 is 2.36 bits per heavy atom. The van der Waals surface area contributed by atoms with Gasteiger partial charge in [-0.3, -0.25) is 9.48 Å². The van der Waals surface area contributed by atoms with E-state index in [9.17, 15) is 14.7 Å². The first kappa shape index (κ1) is 18.7. The first-order chi connectivity index (χ1) is 12.0. The van der Waals surface area contributed by atoms with Crippen LogP contribution in [0.5, 0.6) is 0 Å². The molecule has 25 heavy (non-hydrogen) atoms. The Kier molecular flexibility index (Phi) is 6.30. The van der Waals surface area contributed by atoms with Crippen LogP contribution >= 0.6 is 0 Å². The number of rotatable bonds is 7. The standard InChI is InChI=1S/C18H22N2O5/c1-4-24-14(22)11-20-17(12(3)21)15(18(23)25-5-2)16(19-20)13-9-7-6-8-10-13/h6-10,12,21H,4-5,11H2,1-3H3. The van der Waals surface area contributed by atoms with E-state index in [0.717, 1.165) is 0 Å². The first-order valence-electron chi connectivity index (χ1n) is 8.16. The molecular formula is C18H22N2O5. The molecule has 0 bridgehead atoms. The molecule has 1 atom stereocenters. The van der Waals surface area contributed by atoms with Crippen LogP contribution < -0.4 is 0 Å². The van der Waals surface area contributed by atoms with Crippen LogP contribution in [-0.4, -0.2) is 40.0 Å². The topological polar surface area (TPSA) is 90.7 Å². The molecule has 0 aliphatic heterocycles. The summed E-state index contributed by atoms with van der Waals surface area (Å²) in [5.41, 5.74) is 1.44. The van der Waals surface area contributed by atoms with Crippen molar-refractivity contribution >= 4 is 11.9 Å². The molecule has 134 valence electrons. The molecule has 0 aliphatic rings. The number of hydrogen-bond donors (Lipinski definition) is 1. The van der Waals surface area contributed by atoms with Crippen LogP contribution in [0, 0.1) is 0 Å². The molecule has 1 unspecified atom stereocenters. The second-order valence-electron chi connectivity index (χ2n) is 5.33. The average molecular weight is 346 g/mol. The summed E-state index contributed by atoms with van der Waals surface area (Å²) >= 11 is 0. The molecule has 2 aromatic rings. The van der Waals surface area contributed by atoms with E-state index in [1.165, 1.54) is 11.6 Å². The second kappa shape index (κ2) is 8.43. The Morgan fingerprint density at radius 1 is 1.16 bits per heavy atom. The zero-order valence-electron chi connectivity index (χ0n) is 14.6. The van der Waals surface area contributed by atoms with Gasteiger partial charge in [-0.2, -0.15) is 5.10 Å². The smallest absolute Gasteiger partial charge is 0.342 e. The van der Waals surface area contributed by atoms with Crippen molar-refractivity contribution in [2.24, 2.45) is 0 Å². The average Bonchev–Trinajstić information content (AvgIpc) is 2.95. The van der Waals surface area contributed by atoms with Crippen LogP contribution in [0.25, 0.3) is 11.3 Å². The molecule has 1 heterocycles. The zero-order chi connectivity index (χ0) is 18.4. The lowest BCUT2D eigenvalue weighted by Gasteiger charge is -2.11. The molecule has 7 heteroatoms. The van der Waals surface area contributed by atoms with Gasteiger partial charge in [-0.25, -0.2) is 4.79 Å². The van der Waals surface area contributed by atoms with Gasteiger partial charge in [0.25, 0.3) is 0 Å². The first-order valence-corrected chi connectivity index (χ1v) is 8.16. The Hall–Kier alpha value is -2.67. The minimum absolute atomic E-state index is 0.160. The number of carbonyl (C=O) groups is 2. The third-order valence-corrected chi connectivity index (χ3v) is 3.50. The van der Waals surface area contributed by atoms with Gasteiger partial charge in [0.05, 0.1) is 25.0 Å². The van der Waals surface area contributed by atoms with Crippen LogP contribution in [0.3, 0.4) is 0 Å². The van der Waals surface area contributed by atoms with Crippen LogP contribution in [0.4, 0.5) is 0 Å². The van der Waals surface area contributed by atoms with E-state index >= 15 is 0 Å². The molecule has 0 fully saturated rings. The predicted molar refractivity (Wildman–Crippen MR) is 90.9 cm³/mol. The van der Waals surface area contributed by atoms with Gasteiger partial charge in [0.15, 0.2) is 0 Å². The van der Waals surface area contributed by atoms with Crippen molar-refractivity contribution in [1.82, 2.24) is 9.78 Å². The normalized spacial score (nSPS) is 11.8. The van der Waals surface area contributed by atoms with Gasteiger partial charge in [0.1, 0.15) is 17.8 Å². The van der Waals surface area contributed by atoms with E-state index in [-0.39, 0.29) is 31.0 Å². The fourth-order valence-corrected chi connectivity index (χ4v) is 2.55. The number of ether oxygens (including phenoxy) is 2. The summed E-state index contributed by atoms with van der Waals surface area (Å²) in [6, 6.07) is 9.07. The van der Waals surface area contributed by atoms with E-state index < -0.39 is 18.0 Å². The van der Waals surface area contributed by atoms with E-state index in [2.05, 4.69) is 5.10 Å². The van der Waals surface area contributed by atoms with E-state index in [1.807, 2.05) is 18.2 Å². The van der Waals surface area contributed by atoms with Crippen molar-refractivity contribution in [2.45, 2.75) is 33.4 Å². The number of carbonyl (C=O) groups excluding carboxylic acids is 2. The maximum absolute atomic E-state index is 12.5. The van der Waals surface area contributed by atoms with E-state index in [4.69, 9.17) is 9.47 Å². The molecule has 0 saturated carbocycles. The highest BCUT2D eigenvalue weighted by Crippen LogP contribution is 2.30. The van der Waals surface area contributed by atoms with Gasteiger partial charge in [0, 0.05) is 5.56 Å². The zero-order valence-corrected chi connectivity index (χ0v) is 14.6. The molecule has 0 spiro atoms. The molecule has 0 amide bonds. The van der Waals surface area contributed by atoms with Crippen LogP contribution in [0.15, 0.2) is 30.3 Å². The molecule has 0 saturated heterocycles. The Balaban J connectivity index is 2.61. The van der Waals surface area contributed by atoms with Crippen molar-refractivity contribution in [1.29, 1.82) is 0 Å². The summed E-state index contributed by atoms with van der Waals surface area (Å²) in [6.45, 7) is 5.14. The molecule has 1 aromatic carbocycles. The molecule has 1 aromatic heterocycles. The fraction of sp³-hybridized carbons (Fsp3) is 0.389. The van der Waals surface area contributed by atoms with Crippen LogP contribution in [-0.2, 0) is 20.8 Å². The lowest BCUT2D eigenvalue weighted by atomic mass is 10.0. The number of benzene rings is 1. The summed E-state index contributed by atoms with van der Waals surface area (Å²) < 4.78 is 11.4. The Bertz CT molecular complexity index is 737. The number of hydrogen-bond acceptors (Lipinski definition) is 6. The summed E-state index contributed by atoms with van der Waals surface area (Å²) in [4.78, 5) is 24.3. The van der Waals surface area contributed by atoms with Crippen molar-refractivity contribution in [3.05, 3.63) is 41.6 Å². The van der Waals surface area contributed by atoms with Gasteiger partial charge in [-0.15, -0.1) is 0 Å². The number of aliphatic hydroxyl groups is 1. The van der Waals surface area contributed by atoms with Gasteiger partial charge in [-0.1, -0.05) is 30.3 Å². The van der Waals surface area contributed by atoms with Gasteiger partial charge in [-0.05, 0) is 20.8 Å². The highest BCUT2D eigenvalue weighted by Gasteiger charge is 2.29. The van der Waals surface area contributed by atoms with Crippen LogP contribution in [0.1, 0.15) is 42.9 Å². The number of esters is 2. The van der Waals surface area contributed by atoms with Gasteiger partial charge >= 0.3 is 11.9 Å². The highest BCUT2D eigenvalue weighted by atomic mass is 16.5. The minimum atomic E-state index is -1.02. The van der Waals surface area contributed by atoms with E-state index in [1.54, 1.807) is 26.0 Å². The Morgan fingerprint density at radius 2 is 1.80 bits per heavy atom. The second-order valence-corrected chi connectivity index (χ2v) is 5.33. The number of nitrogens with zero attached hydrogens (tertiary/aromatic N) is 2. The summed E-state index contributed by atoms with van der Waals surface area (Å²) in [7, 11) is 0. The van der Waals surface area contributed by atoms with Crippen molar-refractivity contribution in [3.63, 3.8) is 0 Å². The molecule has 0 aliphatic carbocycles. The van der Waals surface area contributed by atoms with Gasteiger partial charge < -0.3 is 14.6 Å². The van der Waals surface area contributed by atoms with Gasteiger partial charge in [0.2, 0.25) is 0 Å². The van der Waals surface area contributed by atoms with E-state index in [0.29, 0.717) is 11.3 Å². The maximum atomic E-state index is 12.5. The quantitative estimate of drug-likeness (QED) is 0.774. The lowest BCUT2D eigenvalue weighted by molar-refractivity contribution is -0.144. The molecular weight excluding hydrogens is 324 g/mol. The third kappa shape index (κ3) is 4.24. The van der Waals surface area contributed by atoms with Crippen molar-refractivity contribution in [3.8, 4) is 11.3 Å². The Labute approximate surface area is 146 Å². The van der Waals surface area contributed by atoms with Crippen molar-refractivity contribution < 1.29 is 24.2 Å². The van der Waals surface area contributed by atoms with Crippen molar-refractivity contribution in [2.75, 3.05) is 13.2 Å². The highest BCUT2D eigenvalue weighted by molar-refractivity contribution is 5.97. The minimum Gasteiger partial charge on any atom is -0.465 e. The number of aliphatic hydroxyl groups excluding tert-OH is 1. The number of aromatic nitrogens is 2. The SMILES string of the molecule is CCOC(=O)Cn1nc(-c2ccccc2)c(C(=O)OCC)c1C(C)O. The lowest BCUT2D eigenvalue weighted by Crippen LogP contribution is -2.19.